The summed E-state index contributed by atoms with van der Waals surface area (Å²) in [6, 6.07) is 17.1. The fourth-order valence-corrected chi connectivity index (χ4v) is 3.64. The van der Waals surface area contributed by atoms with Crippen molar-refractivity contribution in [3.63, 3.8) is 0 Å². The third-order valence-electron chi connectivity index (χ3n) is 5.26. The molecule has 0 unspecified atom stereocenters. The normalized spacial score (nSPS) is 16.4. The second-order valence-corrected chi connectivity index (χ2v) is 7.64. The highest BCUT2D eigenvalue weighted by Gasteiger charge is 2.22. The first kappa shape index (κ1) is 20.3. The molecule has 0 aromatic heterocycles. The second-order valence-electron chi connectivity index (χ2n) is 7.20. The smallest absolute Gasteiger partial charge is 0.255 e. The van der Waals surface area contributed by atoms with Crippen molar-refractivity contribution in [2.75, 3.05) is 19.6 Å². The van der Waals surface area contributed by atoms with E-state index in [1.54, 1.807) is 19.1 Å². The van der Waals surface area contributed by atoms with Gasteiger partial charge in [0.05, 0.1) is 0 Å². The van der Waals surface area contributed by atoms with Gasteiger partial charge < -0.3 is 5.32 Å². The van der Waals surface area contributed by atoms with Gasteiger partial charge in [0.15, 0.2) is 0 Å². The highest BCUT2D eigenvalue weighted by atomic mass is 35.5. The van der Waals surface area contributed by atoms with Crippen LogP contribution in [0.15, 0.2) is 65.9 Å². The molecule has 28 heavy (non-hydrogen) atoms. The van der Waals surface area contributed by atoms with Gasteiger partial charge in [0.2, 0.25) is 0 Å². The monoisotopic (exact) mass is 396 g/mol. The van der Waals surface area contributed by atoms with E-state index in [0.717, 1.165) is 37.2 Å². The summed E-state index contributed by atoms with van der Waals surface area (Å²) < 4.78 is 0. The molecule has 1 amide bonds. The van der Waals surface area contributed by atoms with Crippen molar-refractivity contribution in [2.24, 2.45) is 0 Å². The summed E-state index contributed by atoms with van der Waals surface area (Å²) in [5.74, 6) is 0.333. The van der Waals surface area contributed by atoms with E-state index in [4.69, 9.17) is 11.6 Å². The third-order valence-corrected chi connectivity index (χ3v) is 5.52. The number of allylic oxidation sites excluding steroid dienone is 1. The Hall–Kier alpha value is -2.43. The summed E-state index contributed by atoms with van der Waals surface area (Å²) >= 11 is 5.98. The van der Waals surface area contributed by atoms with Crippen LogP contribution in [0.25, 0.3) is 0 Å². The Balaban J connectivity index is 1.61. The molecule has 1 aliphatic rings. The van der Waals surface area contributed by atoms with Crippen molar-refractivity contribution in [2.45, 2.75) is 25.7 Å². The number of nitrogens with zero attached hydrogens (tertiary/aromatic N) is 1. The van der Waals surface area contributed by atoms with Gasteiger partial charge in [-0.2, -0.15) is 0 Å². The van der Waals surface area contributed by atoms with Gasteiger partial charge in [-0.3, -0.25) is 14.5 Å². The van der Waals surface area contributed by atoms with E-state index in [1.807, 2.05) is 30.3 Å². The Morgan fingerprint density at radius 1 is 1.11 bits per heavy atom. The molecule has 4 nitrogen and oxygen atoms in total. The number of rotatable bonds is 6. The zero-order chi connectivity index (χ0) is 19.9. The molecule has 1 heterocycles. The Kier molecular flexibility index (Phi) is 7.01. The molecule has 146 valence electrons. The van der Waals surface area contributed by atoms with Crippen LogP contribution in [0.3, 0.4) is 0 Å². The minimum Gasteiger partial charge on any atom is -0.324 e. The van der Waals surface area contributed by atoms with Crippen molar-refractivity contribution in [3.05, 3.63) is 82.0 Å². The number of carbonyl (C=O) groups is 2. The number of aldehydes is 1. The topological polar surface area (TPSA) is 49.4 Å². The number of piperidine rings is 1. The molecule has 0 aliphatic carbocycles. The van der Waals surface area contributed by atoms with E-state index in [9.17, 15) is 9.59 Å². The van der Waals surface area contributed by atoms with E-state index in [1.165, 1.54) is 5.56 Å². The van der Waals surface area contributed by atoms with Crippen LogP contribution in [0.2, 0.25) is 5.02 Å². The fraction of sp³-hybridized carbons (Fsp3) is 0.304. The van der Waals surface area contributed by atoms with E-state index < -0.39 is 0 Å². The number of benzene rings is 2. The molecular weight excluding hydrogens is 372 g/mol. The van der Waals surface area contributed by atoms with Gasteiger partial charge in [-0.05, 0) is 68.6 Å². The lowest BCUT2D eigenvalue weighted by Crippen LogP contribution is -2.38. The summed E-state index contributed by atoms with van der Waals surface area (Å²) in [7, 11) is 0. The van der Waals surface area contributed by atoms with E-state index >= 15 is 0 Å². The zero-order valence-electron chi connectivity index (χ0n) is 16.0. The Bertz CT molecular complexity index is 839. The number of amides is 1. The highest BCUT2D eigenvalue weighted by Crippen LogP contribution is 2.29. The number of carbonyl (C=O) groups excluding carboxylic acids is 2. The third kappa shape index (κ3) is 5.31. The Morgan fingerprint density at radius 3 is 2.36 bits per heavy atom. The molecule has 0 saturated carbocycles. The molecule has 0 spiro atoms. The van der Waals surface area contributed by atoms with Crippen molar-refractivity contribution < 1.29 is 9.59 Å². The molecule has 2 aromatic rings. The number of nitrogens with one attached hydrogen (secondary N) is 1. The minimum atomic E-state index is -0.187. The molecule has 1 aliphatic heterocycles. The van der Waals surface area contributed by atoms with Gasteiger partial charge in [-0.25, -0.2) is 0 Å². The SMILES string of the molecule is CC(C=O)=C(CN1CCC(c2ccc(Cl)cc2)CC1)NC(=O)c1ccccc1. The van der Waals surface area contributed by atoms with Gasteiger partial charge >= 0.3 is 0 Å². The summed E-state index contributed by atoms with van der Waals surface area (Å²) in [4.78, 5) is 26.1. The number of halogens is 1. The molecule has 2 aromatic carbocycles. The maximum atomic E-state index is 12.5. The van der Waals surface area contributed by atoms with Crippen LogP contribution in [-0.4, -0.2) is 36.7 Å². The van der Waals surface area contributed by atoms with E-state index in [2.05, 4.69) is 22.3 Å². The largest absolute Gasteiger partial charge is 0.324 e. The zero-order valence-corrected chi connectivity index (χ0v) is 16.8. The van der Waals surface area contributed by atoms with Crippen LogP contribution in [0.1, 0.15) is 41.6 Å². The number of hydrogen-bond donors (Lipinski definition) is 1. The summed E-state index contributed by atoms with van der Waals surface area (Å²) in [6.07, 6.45) is 2.89. The first-order valence-electron chi connectivity index (χ1n) is 9.56. The first-order valence-corrected chi connectivity index (χ1v) is 9.93. The average Bonchev–Trinajstić information content (AvgIpc) is 2.74. The Morgan fingerprint density at radius 2 is 1.75 bits per heavy atom. The summed E-state index contributed by atoms with van der Waals surface area (Å²) in [5.41, 5.74) is 3.14. The predicted octanol–water partition coefficient (Wildman–Crippen LogP) is 4.42. The maximum Gasteiger partial charge on any atom is 0.255 e. The van der Waals surface area contributed by atoms with E-state index in [-0.39, 0.29) is 5.91 Å². The standard InChI is InChI=1S/C23H25ClN2O2/c1-17(16-27)22(25-23(28)20-5-3-2-4-6-20)15-26-13-11-19(12-14-26)18-7-9-21(24)10-8-18/h2-10,16,19H,11-15H2,1H3,(H,25,28). The number of hydrogen-bond acceptors (Lipinski definition) is 3. The van der Waals surface area contributed by atoms with Crippen molar-refractivity contribution in [1.82, 2.24) is 10.2 Å². The van der Waals surface area contributed by atoms with Gasteiger partial charge in [0.25, 0.3) is 5.91 Å². The summed E-state index contributed by atoms with van der Waals surface area (Å²) in [6.45, 7) is 4.15. The van der Waals surface area contributed by atoms with Crippen LogP contribution < -0.4 is 5.32 Å². The van der Waals surface area contributed by atoms with E-state index in [0.29, 0.717) is 29.3 Å². The van der Waals surface area contributed by atoms with Crippen LogP contribution in [0.4, 0.5) is 0 Å². The van der Waals surface area contributed by atoms with Gasteiger partial charge in [0.1, 0.15) is 6.29 Å². The van der Waals surface area contributed by atoms with Crippen LogP contribution in [0, 0.1) is 0 Å². The van der Waals surface area contributed by atoms with Crippen LogP contribution in [-0.2, 0) is 4.79 Å². The molecule has 1 fully saturated rings. The lowest BCUT2D eigenvalue weighted by atomic mass is 9.89. The predicted molar refractivity (Wildman–Crippen MR) is 113 cm³/mol. The van der Waals surface area contributed by atoms with Crippen LogP contribution in [0.5, 0.6) is 0 Å². The molecular formula is C23H25ClN2O2. The molecule has 0 radical (unpaired) electrons. The second kappa shape index (κ2) is 9.67. The van der Waals surface area contributed by atoms with Gasteiger partial charge in [-0.1, -0.05) is 41.9 Å². The van der Waals surface area contributed by atoms with Gasteiger partial charge in [0, 0.05) is 28.4 Å². The van der Waals surface area contributed by atoms with Crippen molar-refractivity contribution in [3.8, 4) is 0 Å². The minimum absolute atomic E-state index is 0.187. The molecule has 5 heteroatoms. The van der Waals surface area contributed by atoms with Crippen LogP contribution >= 0.6 is 11.6 Å². The molecule has 0 atom stereocenters. The van der Waals surface area contributed by atoms with Crippen molar-refractivity contribution in [1.29, 1.82) is 0 Å². The molecule has 1 saturated heterocycles. The Labute approximate surface area is 171 Å². The summed E-state index contributed by atoms with van der Waals surface area (Å²) in [5, 5.41) is 3.69. The highest BCUT2D eigenvalue weighted by molar-refractivity contribution is 6.30. The average molecular weight is 397 g/mol. The lowest BCUT2D eigenvalue weighted by molar-refractivity contribution is -0.104. The molecule has 0 bridgehead atoms. The number of likely N-dealkylation sites (tertiary alicyclic amines) is 1. The lowest BCUT2D eigenvalue weighted by Gasteiger charge is -2.33. The quantitative estimate of drug-likeness (QED) is 0.580. The maximum absolute atomic E-state index is 12.5. The first-order chi connectivity index (χ1) is 13.6. The van der Waals surface area contributed by atoms with Gasteiger partial charge in [-0.15, -0.1) is 0 Å². The molecule has 3 rings (SSSR count). The molecule has 1 N–H and O–H groups in total. The van der Waals surface area contributed by atoms with Crippen molar-refractivity contribution >= 4 is 23.8 Å². The fourth-order valence-electron chi connectivity index (χ4n) is 3.52.